The lowest BCUT2D eigenvalue weighted by molar-refractivity contribution is -0.274. The standard InChI is InChI=1S/C35H27ClF4N2O6/c1-34-24(31(45)42(33(34)47)18-7-11-26(37)25(36)13-18)15-22-20(29(34)23-14-19(8-12-27(23)43)48-35(38,39)40)9-10-21-28(22)32(46)41(30(21)44)16-17-5-3-2-4-6-17/h2-9,11-14,21-22,24,28-29,43H,10,15-16H2,1H3. The molecule has 0 aromatic heterocycles. The Morgan fingerprint density at radius 1 is 0.958 bits per heavy atom. The van der Waals surface area contributed by atoms with E-state index in [2.05, 4.69) is 4.74 Å². The predicted octanol–water partition coefficient (Wildman–Crippen LogP) is 6.51. The summed E-state index contributed by atoms with van der Waals surface area (Å²) in [6.45, 7) is 1.53. The zero-order chi connectivity index (χ0) is 34.3. The van der Waals surface area contributed by atoms with Crippen molar-refractivity contribution in [2.24, 2.45) is 29.1 Å². The first-order chi connectivity index (χ1) is 22.7. The Bertz CT molecular complexity index is 1920. The Labute approximate surface area is 276 Å². The van der Waals surface area contributed by atoms with Gasteiger partial charge in [-0.3, -0.25) is 24.1 Å². The second-order valence-electron chi connectivity index (χ2n) is 12.8. The zero-order valence-electron chi connectivity index (χ0n) is 25.2. The van der Waals surface area contributed by atoms with Crippen molar-refractivity contribution in [2.75, 3.05) is 4.90 Å². The molecule has 13 heteroatoms. The van der Waals surface area contributed by atoms with E-state index in [-0.39, 0.29) is 41.6 Å². The van der Waals surface area contributed by atoms with E-state index in [1.807, 2.05) is 0 Å². The number of aromatic hydroxyl groups is 1. The van der Waals surface area contributed by atoms with Crippen LogP contribution in [-0.4, -0.2) is 40.0 Å². The number of carbonyl (C=O) groups is 4. The number of amides is 4. The molecule has 1 N–H and O–H groups in total. The van der Waals surface area contributed by atoms with Gasteiger partial charge in [0.2, 0.25) is 23.6 Å². The molecule has 8 nitrogen and oxygen atoms in total. The van der Waals surface area contributed by atoms with Crippen LogP contribution in [0.25, 0.3) is 0 Å². The van der Waals surface area contributed by atoms with Crippen LogP contribution in [-0.2, 0) is 25.7 Å². The van der Waals surface area contributed by atoms with Gasteiger partial charge in [0, 0.05) is 11.5 Å². The number of carbonyl (C=O) groups excluding carboxylic acids is 4. The number of anilines is 1. The molecular formula is C35H27ClF4N2O6. The van der Waals surface area contributed by atoms with Crippen molar-refractivity contribution in [3.63, 3.8) is 0 Å². The van der Waals surface area contributed by atoms with Gasteiger partial charge in [0.25, 0.3) is 0 Å². The number of hydrogen-bond acceptors (Lipinski definition) is 6. The molecule has 2 aliphatic carbocycles. The normalized spacial score (nSPS) is 28.3. The van der Waals surface area contributed by atoms with E-state index in [0.717, 1.165) is 40.8 Å². The van der Waals surface area contributed by atoms with Crippen molar-refractivity contribution >= 4 is 40.9 Å². The number of likely N-dealkylation sites (tertiary alicyclic amines) is 1. The lowest BCUT2D eigenvalue weighted by Gasteiger charge is -2.49. The number of phenolic OH excluding ortho intramolecular Hbond substituents is 1. The fraction of sp³-hybridized carbons (Fsp3) is 0.314. The summed E-state index contributed by atoms with van der Waals surface area (Å²) in [4.78, 5) is 58.5. The van der Waals surface area contributed by atoms with Gasteiger partial charge >= 0.3 is 6.36 Å². The van der Waals surface area contributed by atoms with Gasteiger partial charge in [-0.25, -0.2) is 9.29 Å². The summed E-state index contributed by atoms with van der Waals surface area (Å²) in [5, 5.41) is 10.8. The Morgan fingerprint density at radius 2 is 1.69 bits per heavy atom. The van der Waals surface area contributed by atoms with E-state index in [1.165, 1.54) is 17.9 Å². The van der Waals surface area contributed by atoms with Crippen LogP contribution in [0.2, 0.25) is 5.02 Å². The molecule has 6 unspecified atom stereocenters. The van der Waals surface area contributed by atoms with Crippen molar-refractivity contribution in [1.29, 1.82) is 0 Å². The minimum atomic E-state index is -5.07. The number of phenols is 1. The van der Waals surface area contributed by atoms with Crippen molar-refractivity contribution in [2.45, 2.75) is 38.6 Å². The van der Waals surface area contributed by atoms with Crippen LogP contribution in [0.3, 0.4) is 0 Å². The Balaban J connectivity index is 1.36. The van der Waals surface area contributed by atoms with Gasteiger partial charge in [0.15, 0.2) is 0 Å². The Hall–Kier alpha value is -4.71. The molecule has 6 atom stereocenters. The fourth-order valence-electron chi connectivity index (χ4n) is 8.18. The molecule has 1 saturated carbocycles. The topological polar surface area (TPSA) is 104 Å². The molecule has 2 aliphatic heterocycles. The van der Waals surface area contributed by atoms with Crippen LogP contribution in [0.4, 0.5) is 23.2 Å². The number of rotatable bonds is 5. The molecule has 48 heavy (non-hydrogen) atoms. The number of benzene rings is 3. The molecule has 3 aromatic carbocycles. The van der Waals surface area contributed by atoms with Gasteiger partial charge in [-0.1, -0.05) is 53.6 Å². The van der Waals surface area contributed by atoms with E-state index in [4.69, 9.17) is 11.6 Å². The monoisotopic (exact) mass is 682 g/mol. The van der Waals surface area contributed by atoms with Gasteiger partial charge in [0.1, 0.15) is 17.3 Å². The molecule has 2 saturated heterocycles. The summed E-state index contributed by atoms with van der Waals surface area (Å²) in [6.07, 6.45) is -3.29. The molecule has 3 fully saturated rings. The quantitative estimate of drug-likeness (QED) is 0.187. The highest BCUT2D eigenvalue weighted by molar-refractivity contribution is 6.31. The third-order valence-corrected chi connectivity index (χ3v) is 10.5. The molecule has 4 aliphatic rings. The molecule has 2 heterocycles. The third kappa shape index (κ3) is 4.87. The molecule has 0 bridgehead atoms. The van der Waals surface area contributed by atoms with Crippen LogP contribution in [0.5, 0.6) is 11.5 Å². The minimum absolute atomic E-state index is 0.0138. The Morgan fingerprint density at radius 3 is 2.38 bits per heavy atom. The number of hydrogen-bond donors (Lipinski definition) is 1. The average molecular weight is 683 g/mol. The van der Waals surface area contributed by atoms with Crippen LogP contribution in [0.1, 0.15) is 36.8 Å². The molecular weight excluding hydrogens is 656 g/mol. The maximum absolute atomic E-state index is 14.5. The number of alkyl halides is 3. The summed E-state index contributed by atoms with van der Waals surface area (Å²) in [5.41, 5.74) is -0.623. The van der Waals surface area contributed by atoms with E-state index in [9.17, 15) is 41.8 Å². The number of fused-ring (bicyclic) bond motifs is 4. The summed E-state index contributed by atoms with van der Waals surface area (Å²) < 4.78 is 58.1. The average Bonchev–Trinajstić information content (AvgIpc) is 3.39. The summed E-state index contributed by atoms with van der Waals surface area (Å²) in [6, 6.07) is 15.2. The predicted molar refractivity (Wildman–Crippen MR) is 163 cm³/mol. The van der Waals surface area contributed by atoms with Crippen LogP contribution in [0, 0.1) is 34.9 Å². The van der Waals surface area contributed by atoms with Crippen LogP contribution >= 0.6 is 11.6 Å². The van der Waals surface area contributed by atoms with Gasteiger partial charge in [-0.15, -0.1) is 13.2 Å². The molecule has 0 spiro atoms. The third-order valence-electron chi connectivity index (χ3n) is 10.3. The fourth-order valence-corrected chi connectivity index (χ4v) is 8.35. The second-order valence-corrected chi connectivity index (χ2v) is 13.2. The minimum Gasteiger partial charge on any atom is -0.508 e. The van der Waals surface area contributed by atoms with Crippen molar-refractivity contribution in [3.05, 3.63) is 100 Å². The number of imide groups is 2. The molecule has 7 rings (SSSR count). The first-order valence-corrected chi connectivity index (χ1v) is 15.6. The Kier molecular flexibility index (Phi) is 7.43. The number of ether oxygens (including phenoxy) is 1. The smallest absolute Gasteiger partial charge is 0.508 e. The van der Waals surface area contributed by atoms with Crippen molar-refractivity contribution in [3.8, 4) is 11.5 Å². The largest absolute Gasteiger partial charge is 0.573 e. The molecule has 4 amide bonds. The number of nitrogens with zero attached hydrogens (tertiary/aromatic N) is 2. The van der Waals surface area contributed by atoms with E-state index in [0.29, 0.717) is 5.57 Å². The van der Waals surface area contributed by atoms with E-state index < -0.39 is 76.4 Å². The summed E-state index contributed by atoms with van der Waals surface area (Å²) in [5.74, 6) is -8.95. The van der Waals surface area contributed by atoms with Crippen LogP contribution in [0.15, 0.2) is 78.4 Å². The van der Waals surface area contributed by atoms with Crippen molar-refractivity contribution < 1.29 is 46.6 Å². The highest BCUT2D eigenvalue weighted by Crippen LogP contribution is 2.64. The lowest BCUT2D eigenvalue weighted by atomic mass is 9.51. The summed E-state index contributed by atoms with van der Waals surface area (Å²) >= 11 is 6.01. The second kappa shape index (κ2) is 11.2. The van der Waals surface area contributed by atoms with E-state index in [1.54, 1.807) is 36.4 Å². The SMILES string of the molecule is CC12C(=O)N(c3ccc(F)c(Cl)c3)C(=O)C1CC1C(=CCC3C(=O)N(Cc4ccccc4)C(=O)C31)C2c1cc(OC(F)(F)F)ccc1O. The first kappa shape index (κ1) is 31.9. The summed E-state index contributed by atoms with van der Waals surface area (Å²) in [7, 11) is 0. The molecule has 0 radical (unpaired) electrons. The van der Waals surface area contributed by atoms with Gasteiger partial charge in [-0.2, -0.15) is 0 Å². The number of halogens is 5. The van der Waals surface area contributed by atoms with Gasteiger partial charge in [0.05, 0.1) is 40.4 Å². The van der Waals surface area contributed by atoms with Crippen LogP contribution < -0.4 is 9.64 Å². The van der Waals surface area contributed by atoms with Gasteiger partial charge < -0.3 is 9.84 Å². The molecule has 248 valence electrons. The van der Waals surface area contributed by atoms with E-state index >= 15 is 0 Å². The van der Waals surface area contributed by atoms with Crippen molar-refractivity contribution in [1.82, 2.24) is 4.90 Å². The lowest BCUT2D eigenvalue weighted by Crippen LogP contribution is -2.48. The van der Waals surface area contributed by atoms with Gasteiger partial charge in [-0.05, 0) is 67.6 Å². The highest BCUT2D eigenvalue weighted by Gasteiger charge is 2.68. The maximum Gasteiger partial charge on any atom is 0.573 e. The molecule has 3 aromatic rings. The number of allylic oxidation sites excluding steroid dienone is 2. The highest BCUT2D eigenvalue weighted by atomic mass is 35.5. The first-order valence-electron chi connectivity index (χ1n) is 15.2. The zero-order valence-corrected chi connectivity index (χ0v) is 26.0. The maximum atomic E-state index is 14.5.